The van der Waals surface area contributed by atoms with Crippen molar-refractivity contribution in [3.05, 3.63) is 102 Å². The van der Waals surface area contributed by atoms with E-state index >= 15 is 0 Å². The standard InChI is InChI=1S/C26H24O5/c1-18(2)25(28)31-23-16-14-20(15-17-23)19-10-12-21(13-11-19)24(27)26(29-3,30-4)22-8-6-5-7-9-22/h5-17H,1H2,2-4H3. The van der Waals surface area contributed by atoms with E-state index in [0.717, 1.165) is 11.1 Å². The first-order valence-corrected chi connectivity index (χ1v) is 9.70. The molecule has 0 fully saturated rings. The number of hydrogen-bond acceptors (Lipinski definition) is 5. The van der Waals surface area contributed by atoms with Crippen LogP contribution in [0.15, 0.2) is 91.0 Å². The summed E-state index contributed by atoms with van der Waals surface area (Å²) in [5.74, 6) is -1.83. The number of benzene rings is 3. The molecule has 0 amide bonds. The molecule has 0 N–H and O–H groups in total. The van der Waals surface area contributed by atoms with Crippen molar-refractivity contribution in [2.24, 2.45) is 0 Å². The van der Waals surface area contributed by atoms with Crippen LogP contribution in [-0.2, 0) is 20.1 Å². The molecule has 0 bridgehead atoms. The SMILES string of the molecule is C=C(C)C(=O)Oc1ccc(-c2ccc(C(=O)C(OC)(OC)c3ccccc3)cc2)cc1. The number of rotatable bonds is 8. The summed E-state index contributed by atoms with van der Waals surface area (Å²) < 4.78 is 16.3. The molecular formula is C26H24O5. The zero-order chi connectivity index (χ0) is 22.4. The molecule has 5 heteroatoms. The lowest BCUT2D eigenvalue weighted by molar-refractivity contribution is -0.176. The third-order valence-electron chi connectivity index (χ3n) is 4.92. The lowest BCUT2D eigenvalue weighted by atomic mass is 9.94. The van der Waals surface area contributed by atoms with Crippen LogP contribution in [0.2, 0.25) is 0 Å². The van der Waals surface area contributed by atoms with Crippen LogP contribution in [0.4, 0.5) is 0 Å². The largest absolute Gasteiger partial charge is 0.423 e. The van der Waals surface area contributed by atoms with Crippen LogP contribution in [0.5, 0.6) is 5.75 Å². The first-order valence-electron chi connectivity index (χ1n) is 9.70. The summed E-state index contributed by atoms with van der Waals surface area (Å²) in [6.07, 6.45) is 0. The number of carbonyl (C=O) groups is 2. The van der Waals surface area contributed by atoms with Gasteiger partial charge in [-0.2, -0.15) is 0 Å². The monoisotopic (exact) mass is 416 g/mol. The van der Waals surface area contributed by atoms with Crippen LogP contribution in [0.1, 0.15) is 22.8 Å². The molecule has 0 aliphatic rings. The maximum atomic E-state index is 13.3. The third-order valence-corrected chi connectivity index (χ3v) is 4.92. The van der Waals surface area contributed by atoms with Crippen LogP contribution < -0.4 is 4.74 Å². The van der Waals surface area contributed by atoms with Gasteiger partial charge in [-0.15, -0.1) is 0 Å². The summed E-state index contributed by atoms with van der Waals surface area (Å²) in [6, 6.07) is 23.4. The molecule has 31 heavy (non-hydrogen) atoms. The third kappa shape index (κ3) is 4.63. The Morgan fingerprint density at radius 1 is 0.774 bits per heavy atom. The van der Waals surface area contributed by atoms with E-state index in [1.54, 1.807) is 43.3 Å². The number of ketones is 1. The Hall–Kier alpha value is -3.54. The van der Waals surface area contributed by atoms with Crippen molar-refractivity contribution in [1.82, 2.24) is 0 Å². The van der Waals surface area contributed by atoms with Crippen molar-refractivity contribution in [3.8, 4) is 16.9 Å². The van der Waals surface area contributed by atoms with Gasteiger partial charge in [-0.3, -0.25) is 4.79 Å². The van der Waals surface area contributed by atoms with Gasteiger partial charge in [-0.05, 0) is 30.2 Å². The number of esters is 1. The Balaban J connectivity index is 1.83. The Bertz CT molecular complexity index is 1060. The zero-order valence-electron chi connectivity index (χ0n) is 17.8. The van der Waals surface area contributed by atoms with E-state index in [2.05, 4.69) is 6.58 Å². The van der Waals surface area contributed by atoms with Gasteiger partial charge < -0.3 is 14.2 Å². The van der Waals surface area contributed by atoms with Gasteiger partial charge in [0, 0.05) is 30.9 Å². The molecule has 0 saturated carbocycles. The summed E-state index contributed by atoms with van der Waals surface area (Å²) in [7, 11) is 2.90. The van der Waals surface area contributed by atoms with E-state index in [1.807, 2.05) is 42.5 Å². The van der Waals surface area contributed by atoms with Gasteiger partial charge in [-0.1, -0.05) is 73.3 Å². The van der Waals surface area contributed by atoms with Crippen molar-refractivity contribution in [3.63, 3.8) is 0 Å². The average Bonchev–Trinajstić information content (AvgIpc) is 2.81. The molecule has 3 aromatic rings. The number of methoxy groups -OCH3 is 2. The van der Waals surface area contributed by atoms with Crippen molar-refractivity contribution in [2.45, 2.75) is 12.7 Å². The molecule has 3 aromatic carbocycles. The van der Waals surface area contributed by atoms with Crippen LogP contribution in [0.3, 0.4) is 0 Å². The first-order chi connectivity index (χ1) is 14.9. The van der Waals surface area contributed by atoms with Crippen molar-refractivity contribution in [2.75, 3.05) is 14.2 Å². The molecule has 0 atom stereocenters. The topological polar surface area (TPSA) is 61.8 Å². The highest BCUT2D eigenvalue weighted by Gasteiger charge is 2.41. The van der Waals surface area contributed by atoms with Crippen molar-refractivity contribution >= 4 is 11.8 Å². The first kappa shape index (κ1) is 22.2. The van der Waals surface area contributed by atoms with Crippen LogP contribution >= 0.6 is 0 Å². The second-order valence-corrected chi connectivity index (χ2v) is 6.99. The van der Waals surface area contributed by atoms with E-state index in [1.165, 1.54) is 14.2 Å². The predicted molar refractivity (Wildman–Crippen MR) is 119 cm³/mol. The highest BCUT2D eigenvalue weighted by atomic mass is 16.7. The molecule has 0 saturated heterocycles. The normalized spacial score (nSPS) is 11.1. The summed E-state index contributed by atoms with van der Waals surface area (Å²) in [5, 5.41) is 0. The minimum atomic E-state index is -1.52. The van der Waals surface area contributed by atoms with Crippen LogP contribution in [0.25, 0.3) is 11.1 Å². The maximum Gasteiger partial charge on any atom is 0.338 e. The van der Waals surface area contributed by atoms with Gasteiger partial charge in [0.25, 0.3) is 5.79 Å². The summed E-state index contributed by atoms with van der Waals surface area (Å²) in [6.45, 7) is 5.16. The minimum absolute atomic E-state index is 0.294. The van der Waals surface area contributed by atoms with Gasteiger partial charge in [-0.25, -0.2) is 4.79 Å². The highest BCUT2D eigenvalue weighted by molar-refractivity contribution is 6.02. The molecule has 0 aliphatic heterocycles. The highest BCUT2D eigenvalue weighted by Crippen LogP contribution is 2.31. The molecule has 3 rings (SSSR count). The molecular weight excluding hydrogens is 392 g/mol. The van der Waals surface area contributed by atoms with Gasteiger partial charge in [0.15, 0.2) is 0 Å². The second-order valence-electron chi connectivity index (χ2n) is 6.99. The fraction of sp³-hybridized carbons (Fsp3) is 0.154. The van der Waals surface area contributed by atoms with Gasteiger partial charge in [0.2, 0.25) is 5.78 Å². The van der Waals surface area contributed by atoms with Crippen molar-refractivity contribution in [1.29, 1.82) is 0 Å². The van der Waals surface area contributed by atoms with Crippen molar-refractivity contribution < 1.29 is 23.8 Å². The molecule has 0 spiro atoms. The molecule has 0 unspecified atom stereocenters. The minimum Gasteiger partial charge on any atom is -0.423 e. The fourth-order valence-corrected chi connectivity index (χ4v) is 3.21. The Labute approximate surface area is 181 Å². The maximum absolute atomic E-state index is 13.3. The van der Waals surface area contributed by atoms with E-state index in [-0.39, 0.29) is 5.78 Å². The molecule has 5 nitrogen and oxygen atoms in total. The van der Waals surface area contributed by atoms with E-state index in [0.29, 0.717) is 22.4 Å². The summed E-state index contributed by atoms with van der Waals surface area (Å²) in [4.78, 5) is 24.9. The summed E-state index contributed by atoms with van der Waals surface area (Å²) in [5.41, 5.74) is 3.25. The number of Topliss-reactive ketones (excluding diaryl/α,β-unsaturated/α-hetero) is 1. The van der Waals surface area contributed by atoms with E-state index in [4.69, 9.17) is 14.2 Å². The Kier molecular flexibility index (Phi) is 6.80. The number of carbonyl (C=O) groups excluding carboxylic acids is 2. The second kappa shape index (κ2) is 9.51. The lowest BCUT2D eigenvalue weighted by Crippen LogP contribution is -2.39. The smallest absolute Gasteiger partial charge is 0.338 e. The van der Waals surface area contributed by atoms with Gasteiger partial charge in [0.05, 0.1) is 0 Å². The Morgan fingerprint density at radius 2 is 1.29 bits per heavy atom. The molecule has 0 heterocycles. The summed E-state index contributed by atoms with van der Waals surface area (Å²) >= 11 is 0. The average molecular weight is 416 g/mol. The number of hydrogen-bond donors (Lipinski definition) is 0. The molecule has 0 aliphatic carbocycles. The molecule has 0 aromatic heterocycles. The van der Waals surface area contributed by atoms with Gasteiger partial charge >= 0.3 is 5.97 Å². The number of ether oxygens (including phenoxy) is 3. The quantitative estimate of drug-likeness (QED) is 0.167. The van der Waals surface area contributed by atoms with Crippen LogP contribution in [-0.4, -0.2) is 26.0 Å². The molecule has 158 valence electrons. The Morgan fingerprint density at radius 3 is 1.77 bits per heavy atom. The van der Waals surface area contributed by atoms with Crippen LogP contribution in [0, 0.1) is 0 Å². The van der Waals surface area contributed by atoms with Gasteiger partial charge in [0.1, 0.15) is 5.75 Å². The zero-order valence-corrected chi connectivity index (χ0v) is 17.8. The predicted octanol–water partition coefficient (Wildman–Crippen LogP) is 5.16. The van der Waals surface area contributed by atoms with E-state index in [9.17, 15) is 9.59 Å². The molecule has 0 radical (unpaired) electrons. The fourth-order valence-electron chi connectivity index (χ4n) is 3.21. The lowest BCUT2D eigenvalue weighted by Gasteiger charge is -2.29. The van der Waals surface area contributed by atoms with E-state index < -0.39 is 11.8 Å².